The van der Waals surface area contributed by atoms with Gasteiger partial charge in [0, 0.05) is 18.5 Å². The minimum Gasteiger partial charge on any atom is -0.494 e. The molecular weight excluding hydrogens is 310 g/mol. The van der Waals surface area contributed by atoms with Gasteiger partial charge in [0.05, 0.1) is 6.61 Å². The van der Waals surface area contributed by atoms with Crippen LogP contribution in [0.4, 0.5) is 0 Å². The maximum absolute atomic E-state index is 12.3. The normalized spacial score (nSPS) is 20.0. The molecule has 0 aliphatic carbocycles. The fraction of sp³-hybridized carbons (Fsp3) is 0.500. The van der Waals surface area contributed by atoms with Crippen LogP contribution in [-0.4, -0.2) is 46.4 Å². The lowest BCUT2D eigenvalue weighted by Crippen LogP contribution is -2.50. The van der Waals surface area contributed by atoms with Crippen molar-refractivity contribution in [2.45, 2.75) is 45.1 Å². The molecule has 1 fully saturated rings. The molecule has 1 aliphatic heterocycles. The molecule has 1 heterocycles. The highest BCUT2D eigenvalue weighted by atomic mass is 16.5. The predicted molar refractivity (Wildman–Crippen MR) is 88.2 cm³/mol. The summed E-state index contributed by atoms with van der Waals surface area (Å²) in [5.74, 6) is -0.548. The Kier molecular flexibility index (Phi) is 5.59. The number of amides is 1. The number of carbonyl (C=O) groups is 3. The van der Waals surface area contributed by atoms with Crippen molar-refractivity contribution in [2.75, 3.05) is 13.2 Å². The topological polar surface area (TPSA) is 83.9 Å². The van der Waals surface area contributed by atoms with E-state index in [4.69, 9.17) is 4.74 Å². The van der Waals surface area contributed by atoms with Crippen molar-refractivity contribution in [2.24, 2.45) is 0 Å². The molecule has 24 heavy (non-hydrogen) atoms. The first kappa shape index (κ1) is 18.0. The van der Waals surface area contributed by atoms with E-state index < -0.39 is 11.5 Å². The van der Waals surface area contributed by atoms with Crippen LogP contribution in [0, 0.1) is 0 Å². The molecule has 0 aromatic heterocycles. The standard InChI is InChI=1S/C18H23NO5/c1-13(20)14-6-3-7-15(12-14)24-11-4-8-16(21)19-10-5-9-18(19,2)17(22)23/h3,6-7,12H,4-5,8-11H2,1-2H3,(H,22,23). The van der Waals surface area contributed by atoms with Crippen molar-refractivity contribution < 1.29 is 24.2 Å². The SMILES string of the molecule is CC(=O)c1cccc(OCCCC(=O)N2CCCC2(C)C(=O)O)c1. The number of ether oxygens (including phenoxy) is 1. The van der Waals surface area contributed by atoms with Crippen molar-refractivity contribution in [1.29, 1.82) is 0 Å². The summed E-state index contributed by atoms with van der Waals surface area (Å²) >= 11 is 0. The Morgan fingerprint density at radius 2 is 2.08 bits per heavy atom. The summed E-state index contributed by atoms with van der Waals surface area (Å²) in [6.45, 7) is 3.92. The van der Waals surface area contributed by atoms with Crippen LogP contribution in [0.3, 0.4) is 0 Å². The molecule has 6 heteroatoms. The van der Waals surface area contributed by atoms with Crippen molar-refractivity contribution in [3.05, 3.63) is 29.8 Å². The predicted octanol–water partition coefficient (Wildman–Crippen LogP) is 2.51. The van der Waals surface area contributed by atoms with Crippen LogP contribution in [0.25, 0.3) is 0 Å². The number of carboxylic acids is 1. The molecule has 0 saturated carbocycles. The second-order valence-electron chi connectivity index (χ2n) is 6.26. The Labute approximate surface area is 141 Å². The average molecular weight is 333 g/mol. The third kappa shape index (κ3) is 3.93. The lowest BCUT2D eigenvalue weighted by Gasteiger charge is -2.31. The molecule has 1 amide bonds. The van der Waals surface area contributed by atoms with Crippen molar-refractivity contribution in [1.82, 2.24) is 4.90 Å². The number of hydrogen-bond acceptors (Lipinski definition) is 4. The zero-order valence-corrected chi connectivity index (χ0v) is 14.1. The summed E-state index contributed by atoms with van der Waals surface area (Å²) in [6.07, 6.45) is 1.94. The number of carbonyl (C=O) groups excluding carboxylic acids is 2. The fourth-order valence-corrected chi connectivity index (χ4v) is 2.94. The highest BCUT2D eigenvalue weighted by molar-refractivity contribution is 5.94. The van der Waals surface area contributed by atoms with Crippen LogP contribution in [-0.2, 0) is 9.59 Å². The lowest BCUT2D eigenvalue weighted by molar-refractivity contribution is -0.155. The van der Waals surface area contributed by atoms with Gasteiger partial charge in [-0.05, 0) is 45.2 Å². The summed E-state index contributed by atoms with van der Waals surface area (Å²) in [5.41, 5.74) is -0.508. The van der Waals surface area contributed by atoms with Gasteiger partial charge in [0.2, 0.25) is 5.91 Å². The maximum atomic E-state index is 12.3. The van der Waals surface area contributed by atoms with Crippen molar-refractivity contribution in [3.63, 3.8) is 0 Å². The Bertz CT molecular complexity index is 642. The molecule has 1 saturated heterocycles. The van der Waals surface area contributed by atoms with E-state index in [0.717, 1.165) is 0 Å². The van der Waals surface area contributed by atoms with Crippen LogP contribution in [0.1, 0.15) is 49.9 Å². The molecule has 0 bridgehead atoms. The van der Waals surface area contributed by atoms with E-state index in [1.807, 2.05) is 0 Å². The Balaban J connectivity index is 1.82. The van der Waals surface area contributed by atoms with E-state index in [1.165, 1.54) is 11.8 Å². The first-order valence-corrected chi connectivity index (χ1v) is 8.12. The number of benzene rings is 1. The van der Waals surface area contributed by atoms with Crippen LogP contribution in [0.5, 0.6) is 5.75 Å². The number of rotatable bonds is 7. The Morgan fingerprint density at radius 1 is 1.33 bits per heavy atom. The molecule has 0 radical (unpaired) electrons. The number of hydrogen-bond donors (Lipinski definition) is 1. The molecule has 1 aromatic carbocycles. The molecule has 1 aliphatic rings. The average Bonchev–Trinajstić information content (AvgIpc) is 2.95. The van der Waals surface area contributed by atoms with E-state index in [2.05, 4.69) is 0 Å². The van der Waals surface area contributed by atoms with Gasteiger partial charge in [0.1, 0.15) is 11.3 Å². The first-order chi connectivity index (χ1) is 11.3. The van der Waals surface area contributed by atoms with Gasteiger partial charge in [-0.1, -0.05) is 12.1 Å². The molecule has 0 spiro atoms. The second kappa shape index (κ2) is 7.47. The highest BCUT2D eigenvalue weighted by Crippen LogP contribution is 2.30. The van der Waals surface area contributed by atoms with Gasteiger partial charge in [-0.25, -0.2) is 4.79 Å². The smallest absolute Gasteiger partial charge is 0.329 e. The molecule has 6 nitrogen and oxygen atoms in total. The van der Waals surface area contributed by atoms with E-state index in [0.29, 0.717) is 43.7 Å². The summed E-state index contributed by atoms with van der Waals surface area (Å²) in [6, 6.07) is 6.90. The van der Waals surface area contributed by atoms with Gasteiger partial charge in [-0.15, -0.1) is 0 Å². The number of nitrogens with zero attached hydrogens (tertiary/aromatic N) is 1. The zero-order valence-electron chi connectivity index (χ0n) is 14.1. The van der Waals surface area contributed by atoms with Gasteiger partial charge in [-0.3, -0.25) is 9.59 Å². The van der Waals surface area contributed by atoms with Gasteiger partial charge in [0.15, 0.2) is 5.78 Å². The maximum Gasteiger partial charge on any atom is 0.329 e. The molecular formula is C18H23NO5. The monoisotopic (exact) mass is 333 g/mol. The number of Topliss-reactive ketones (excluding diaryl/α,β-unsaturated/α-hetero) is 1. The molecule has 130 valence electrons. The molecule has 1 N–H and O–H groups in total. The van der Waals surface area contributed by atoms with Crippen molar-refractivity contribution >= 4 is 17.7 Å². The molecule has 2 rings (SSSR count). The summed E-state index contributed by atoms with van der Waals surface area (Å²) in [5, 5.41) is 9.34. The van der Waals surface area contributed by atoms with E-state index in [-0.39, 0.29) is 18.1 Å². The number of likely N-dealkylation sites (tertiary alicyclic amines) is 1. The summed E-state index contributed by atoms with van der Waals surface area (Å²) < 4.78 is 5.57. The Morgan fingerprint density at radius 3 is 2.75 bits per heavy atom. The number of carboxylic acid groups (broad SMARTS) is 1. The molecule has 1 aromatic rings. The van der Waals surface area contributed by atoms with Crippen molar-refractivity contribution in [3.8, 4) is 5.75 Å². The van der Waals surface area contributed by atoms with Gasteiger partial charge in [0.25, 0.3) is 0 Å². The van der Waals surface area contributed by atoms with Crippen LogP contribution in [0.15, 0.2) is 24.3 Å². The second-order valence-corrected chi connectivity index (χ2v) is 6.26. The summed E-state index contributed by atoms with van der Waals surface area (Å²) in [7, 11) is 0. The third-order valence-electron chi connectivity index (χ3n) is 4.45. The van der Waals surface area contributed by atoms with E-state index >= 15 is 0 Å². The van der Waals surface area contributed by atoms with Gasteiger partial charge in [-0.2, -0.15) is 0 Å². The van der Waals surface area contributed by atoms with Crippen LogP contribution >= 0.6 is 0 Å². The van der Waals surface area contributed by atoms with E-state index in [9.17, 15) is 19.5 Å². The van der Waals surface area contributed by atoms with E-state index in [1.54, 1.807) is 31.2 Å². The zero-order chi connectivity index (χ0) is 17.7. The van der Waals surface area contributed by atoms with Gasteiger partial charge < -0.3 is 14.7 Å². The summed E-state index contributed by atoms with van der Waals surface area (Å²) in [4.78, 5) is 36.5. The quantitative estimate of drug-likeness (QED) is 0.612. The minimum atomic E-state index is -1.09. The highest BCUT2D eigenvalue weighted by Gasteiger charge is 2.45. The van der Waals surface area contributed by atoms with Crippen LogP contribution < -0.4 is 4.74 Å². The number of ketones is 1. The minimum absolute atomic E-state index is 0.0300. The lowest BCUT2D eigenvalue weighted by atomic mass is 9.99. The first-order valence-electron chi connectivity index (χ1n) is 8.12. The molecule has 1 atom stereocenters. The number of aliphatic carboxylic acids is 1. The largest absolute Gasteiger partial charge is 0.494 e. The molecule has 1 unspecified atom stereocenters. The van der Waals surface area contributed by atoms with Gasteiger partial charge >= 0.3 is 5.97 Å². The van der Waals surface area contributed by atoms with Crippen LogP contribution in [0.2, 0.25) is 0 Å². The Hall–Kier alpha value is -2.37. The fourth-order valence-electron chi connectivity index (χ4n) is 2.94. The third-order valence-corrected chi connectivity index (χ3v) is 4.45.